The maximum Gasteiger partial charge on any atom is 0.154 e. The molecular formula is C17H23N7S. The van der Waals surface area contributed by atoms with Crippen LogP contribution in [0.2, 0.25) is 0 Å². The van der Waals surface area contributed by atoms with Crippen molar-refractivity contribution in [3.05, 3.63) is 46.2 Å². The summed E-state index contributed by atoms with van der Waals surface area (Å²) in [5, 5.41) is 16.4. The van der Waals surface area contributed by atoms with E-state index in [0.717, 1.165) is 49.1 Å². The van der Waals surface area contributed by atoms with Crippen molar-refractivity contribution in [1.29, 1.82) is 0 Å². The molecule has 0 unspecified atom stereocenters. The highest BCUT2D eigenvalue weighted by atomic mass is 32.1. The highest BCUT2D eigenvalue weighted by molar-refractivity contribution is 7.09. The molecule has 1 aliphatic rings. The minimum Gasteiger partial charge on any atom is -0.316 e. The minimum atomic E-state index is 0.484. The van der Waals surface area contributed by atoms with E-state index >= 15 is 0 Å². The van der Waals surface area contributed by atoms with Crippen molar-refractivity contribution in [3.8, 4) is 0 Å². The summed E-state index contributed by atoms with van der Waals surface area (Å²) < 4.78 is 4.03. The van der Waals surface area contributed by atoms with Gasteiger partial charge >= 0.3 is 0 Å². The van der Waals surface area contributed by atoms with Crippen molar-refractivity contribution < 1.29 is 0 Å². The number of hydrogen-bond acceptors (Lipinski definition) is 6. The van der Waals surface area contributed by atoms with Gasteiger partial charge in [0.15, 0.2) is 5.82 Å². The largest absolute Gasteiger partial charge is 0.316 e. The van der Waals surface area contributed by atoms with Gasteiger partial charge in [0.1, 0.15) is 12.4 Å². The van der Waals surface area contributed by atoms with Crippen molar-refractivity contribution >= 4 is 11.3 Å². The molecule has 1 saturated heterocycles. The van der Waals surface area contributed by atoms with E-state index in [1.165, 1.54) is 5.69 Å². The fourth-order valence-electron chi connectivity index (χ4n) is 3.47. The Morgan fingerprint density at radius 1 is 1.20 bits per heavy atom. The smallest absolute Gasteiger partial charge is 0.154 e. The second-order valence-electron chi connectivity index (χ2n) is 6.65. The minimum absolute atomic E-state index is 0.484. The molecule has 0 atom stereocenters. The van der Waals surface area contributed by atoms with E-state index in [4.69, 9.17) is 0 Å². The first-order valence-corrected chi connectivity index (χ1v) is 9.56. The first-order chi connectivity index (χ1) is 12.2. The summed E-state index contributed by atoms with van der Waals surface area (Å²) in [6.45, 7) is 5.86. The standard InChI is InChI=1S/C17H23N7S/c1-13-19-15(12-25-13)10-23-8-4-14(5-9-23)17-21-20-16(22(17)2)11-24-7-3-6-18-24/h3,6-7,12,14H,4-5,8-11H2,1-2H3. The van der Waals surface area contributed by atoms with Gasteiger partial charge in [0.2, 0.25) is 0 Å². The van der Waals surface area contributed by atoms with Gasteiger partial charge in [0, 0.05) is 37.3 Å². The molecule has 0 aliphatic carbocycles. The maximum atomic E-state index is 4.58. The first kappa shape index (κ1) is 16.4. The molecule has 7 nitrogen and oxygen atoms in total. The molecule has 25 heavy (non-hydrogen) atoms. The van der Waals surface area contributed by atoms with Gasteiger partial charge in [-0.05, 0) is 38.9 Å². The van der Waals surface area contributed by atoms with Gasteiger partial charge in [0.25, 0.3) is 0 Å². The second-order valence-corrected chi connectivity index (χ2v) is 7.71. The third kappa shape index (κ3) is 3.64. The molecular weight excluding hydrogens is 334 g/mol. The lowest BCUT2D eigenvalue weighted by atomic mass is 9.96. The number of aromatic nitrogens is 6. The fraction of sp³-hybridized carbons (Fsp3) is 0.529. The highest BCUT2D eigenvalue weighted by Gasteiger charge is 2.25. The van der Waals surface area contributed by atoms with Crippen LogP contribution >= 0.6 is 11.3 Å². The number of hydrogen-bond donors (Lipinski definition) is 0. The van der Waals surface area contributed by atoms with Gasteiger partial charge in [-0.15, -0.1) is 21.5 Å². The van der Waals surface area contributed by atoms with Crippen LogP contribution in [0.25, 0.3) is 0 Å². The van der Waals surface area contributed by atoms with Crippen LogP contribution in [0.1, 0.15) is 41.1 Å². The Bertz CT molecular complexity index is 812. The molecule has 3 aromatic heterocycles. The van der Waals surface area contributed by atoms with E-state index in [0.29, 0.717) is 12.5 Å². The third-order valence-corrected chi connectivity index (χ3v) is 5.69. The predicted octanol–water partition coefficient (Wildman–Crippen LogP) is 2.20. The number of rotatable bonds is 5. The number of piperidine rings is 1. The molecule has 3 aromatic rings. The van der Waals surface area contributed by atoms with Gasteiger partial charge < -0.3 is 4.57 Å². The molecule has 0 bridgehead atoms. The molecule has 1 aliphatic heterocycles. The van der Waals surface area contributed by atoms with Crippen LogP contribution in [0, 0.1) is 6.92 Å². The zero-order valence-corrected chi connectivity index (χ0v) is 15.5. The normalized spacial score (nSPS) is 16.6. The van der Waals surface area contributed by atoms with Gasteiger partial charge in [0.05, 0.1) is 10.7 Å². The molecule has 132 valence electrons. The molecule has 0 radical (unpaired) electrons. The molecule has 0 N–H and O–H groups in total. The van der Waals surface area contributed by atoms with E-state index < -0.39 is 0 Å². The summed E-state index contributed by atoms with van der Waals surface area (Å²) in [4.78, 5) is 7.07. The molecule has 0 aromatic carbocycles. The van der Waals surface area contributed by atoms with Crippen molar-refractivity contribution in [2.75, 3.05) is 13.1 Å². The Labute approximate surface area is 151 Å². The van der Waals surface area contributed by atoms with Crippen LogP contribution in [0.15, 0.2) is 23.8 Å². The Kier molecular flexibility index (Phi) is 4.63. The second kappa shape index (κ2) is 7.05. The van der Waals surface area contributed by atoms with Gasteiger partial charge in [-0.25, -0.2) is 4.98 Å². The number of thiazole rings is 1. The molecule has 0 spiro atoms. The molecule has 0 amide bonds. The summed E-state index contributed by atoms with van der Waals surface area (Å²) in [5.74, 6) is 2.54. The lowest BCUT2D eigenvalue weighted by molar-refractivity contribution is 0.198. The lowest BCUT2D eigenvalue weighted by Gasteiger charge is -2.30. The van der Waals surface area contributed by atoms with E-state index in [-0.39, 0.29) is 0 Å². The Morgan fingerprint density at radius 3 is 2.72 bits per heavy atom. The van der Waals surface area contributed by atoms with E-state index in [1.54, 1.807) is 17.5 Å². The molecule has 0 saturated carbocycles. The van der Waals surface area contributed by atoms with Gasteiger partial charge in [-0.3, -0.25) is 9.58 Å². The third-order valence-electron chi connectivity index (χ3n) is 4.87. The average Bonchev–Trinajstić information content (AvgIpc) is 3.33. The van der Waals surface area contributed by atoms with Crippen molar-refractivity contribution in [2.24, 2.45) is 7.05 Å². The predicted molar refractivity (Wildman–Crippen MR) is 96.4 cm³/mol. The zero-order chi connectivity index (χ0) is 17.2. The van der Waals surface area contributed by atoms with Crippen LogP contribution in [-0.4, -0.2) is 47.5 Å². The van der Waals surface area contributed by atoms with Crippen molar-refractivity contribution in [2.45, 2.75) is 38.8 Å². The molecule has 8 heteroatoms. The summed E-state index contributed by atoms with van der Waals surface area (Å²) >= 11 is 1.73. The van der Waals surface area contributed by atoms with E-state index in [2.05, 4.69) is 49.1 Å². The number of aryl methyl sites for hydroxylation is 1. The van der Waals surface area contributed by atoms with E-state index in [1.807, 2.05) is 16.9 Å². The zero-order valence-electron chi connectivity index (χ0n) is 14.7. The number of likely N-dealkylation sites (tertiary alicyclic amines) is 1. The van der Waals surface area contributed by atoms with Gasteiger partial charge in [-0.1, -0.05) is 0 Å². The SMILES string of the molecule is Cc1nc(CN2CCC(c3nnc(Cn4cccn4)n3C)CC2)cs1. The molecule has 4 heterocycles. The number of nitrogens with zero attached hydrogens (tertiary/aromatic N) is 7. The van der Waals surface area contributed by atoms with E-state index in [9.17, 15) is 0 Å². The van der Waals surface area contributed by atoms with Crippen LogP contribution in [-0.2, 0) is 20.1 Å². The quantitative estimate of drug-likeness (QED) is 0.700. The van der Waals surface area contributed by atoms with Gasteiger partial charge in [-0.2, -0.15) is 5.10 Å². The van der Waals surface area contributed by atoms with Crippen LogP contribution in [0.4, 0.5) is 0 Å². The summed E-state index contributed by atoms with van der Waals surface area (Å²) in [7, 11) is 2.07. The fourth-order valence-corrected chi connectivity index (χ4v) is 4.07. The Morgan fingerprint density at radius 2 is 2.04 bits per heavy atom. The first-order valence-electron chi connectivity index (χ1n) is 8.68. The maximum absolute atomic E-state index is 4.58. The van der Waals surface area contributed by atoms with Crippen LogP contribution < -0.4 is 0 Å². The van der Waals surface area contributed by atoms with Crippen molar-refractivity contribution in [3.63, 3.8) is 0 Å². The summed E-state index contributed by atoms with van der Waals surface area (Å²) in [6.07, 6.45) is 5.98. The lowest BCUT2D eigenvalue weighted by Crippen LogP contribution is -2.33. The average molecular weight is 357 g/mol. The van der Waals surface area contributed by atoms with Crippen LogP contribution in [0.5, 0.6) is 0 Å². The highest BCUT2D eigenvalue weighted by Crippen LogP contribution is 2.27. The summed E-state index contributed by atoms with van der Waals surface area (Å²) in [6, 6.07) is 1.93. The monoisotopic (exact) mass is 357 g/mol. The topological polar surface area (TPSA) is 64.7 Å². The summed E-state index contributed by atoms with van der Waals surface area (Å²) in [5.41, 5.74) is 1.20. The van der Waals surface area contributed by atoms with Crippen LogP contribution in [0.3, 0.4) is 0 Å². The molecule has 1 fully saturated rings. The Hall–Kier alpha value is -2.06. The van der Waals surface area contributed by atoms with Crippen molar-refractivity contribution in [1.82, 2.24) is 34.4 Å². The molecule has 4 rings (SSSR count). The Balaban J connectivity index is 1.37.